The summed E-state index contributed by atoms with van der Waals surface area (Å²) in [5, 5.41) is 14.7. The molecule has 0 unspecified atom stereocenters. The average Bonchev–Trinajstić information content (AvgIpc) is 2.52. The molecule has 1 heterocycles. The third-order valence-electron chi connectivity index (χ3n) is 3.79. The number of carbonyl (C=O) groups is 2. The molecule has 6 nitrogen and oxygen atoms in total. The van der Waals surface area contributed by atoms with E-state index in [1.165, 1.54) is 5.56 Å². The van der Waals surface area contributed by atoms with Crippen molar-refractivity contribution in [2.45, 2.75) is 32.4 Å². The molecular formula is C16H23N3O3. The van der Waals surface area contributed by atoms with Gasteiger partial charge in [0.25, 0.3) is 0 Å². The van der Waals surface area contributed by atoms with E-state index in [1.807, 2.05) is 31.2 Å². The van der Waals surface area contributed by atoms with Crippen molar-refractivity contribution in [2.75, 3.05) is 19.6 Å². The molecule has 2 rings (SSSR count). The van der Waals surface area contributed by atoms with Crippen LogP contribution in [0.5, 0.6) is 0 Å². The van der Waals surface area contributed by atoms with Crippen LogP contribution in [-0.2, 0) is 11.3 Å². The van der Waals surface area contributed by atoms with Gasteiger partial charge in [-0.2, -0.15) is 0 Å². The van der Waals surface area contributed by atoms with Gasteiger partial charge in [-0.3, -0.25) is 4.79 Å². The summed E-state index contributed by atoms with van der Waals surface area (Å²) >= 11 is 0. The van der Waals surface area contributed by atoms with Crippen LogP contribution in [0, 0.1) is 6.92 Å². The van der Waals surface area contributed by atoms with Crippen molar-refractivity contribution in [2.24, 2.45) is 0 Å². The number of aliphatic hydroxyl groups is 1. The fourth-order valence-electron chi connectivity index (χ4n) is 2.33. The first-order chi connectivity index (χ1) is 10.5. The van der Waals surface area contributed by atoms with E-state index < -0.39 is 0 Å². The molecule has 0 radical (unpaired) electrons. The van der Waals surface area contributed by atoms with Gasteiger partial charge in [-0.25, -0.2) is 4.79 Å². The number of aliphatic hydroxyl groups excluding tert-OH is 1. The predicted molar refractivity (Wildman–Crippen MR) is 83.2 cm³/mol. The lowest BCUT2D eigenvalue weighted by molar-refractivity contribution is -0.132. The number of carbonyl (C=O) groups excluding carboxylic acids is 2. The summed E-state index contributed by atoms with van der Waals surface area (Å²) in [5.41, 5.74) is 2.18. The molecule has 0 spiro atoms. The van der Waals surface area contributed by atoms with Gasteiger partial charge in [0.15, 0.2) is 0 Å². The van der Waals surface area contributed by atoms with E-state index in [1.54, 1.807) is 4.90 Å². The molecule has 1 saturated heterocycles. The van der Waals surface area contributed by atoms with E-state index in [2.05, 4.69) is 10.6 Å². The molecule has 0 aliphatic carbocycles. The van der Waals surface area contributed by atoms with E-state index in [0.717, 1.165) is 5.56 Å². The summed E-state index contributed by atoms with van der Waals surface area (Å²) in [6.07, 6.45) is 0.895. The summed E-state index contributed by atoms with van der Waals surface area (Å²) in [6, 6.07) is 7.54. The fourth-order valence-corrected chi connectivity index (χ4v) is 2.33. The van der Waals surface area contributed by atoms with Gasteiger partial charge in [0.1, 0.15) is 0 Å². The Bertz CT molecular complexity index is 508. The van der Waals surface area contributed by atoms with Crippen LogP contribution >= 0.6 is 0 Å². The highest BCUT2D eigenvalue weighted by atomic mass is 16.3. The van der Waals surface area contributed by atoms with Crippen LogP contribution in [-0.4, -0.2) is 47.7 Å². The van der Waals surface area contributed by atoms with Crippen LogP contribution < -0.4 is 10.6 Å². The van der Waals surface area contributed by atoms with Gasteiger partial charge in [-0.1, -0.05) is 29.8 Å². The Kier molecular flexibility index (Phi) is 5.77. The molecule has 1 aromatic rings. The Hall–Kier alpha value is -2.08. The second kappa shape index (κ2) is 7.79. The van der Waals surface area contributed by atoms with Gasteiger partial charge in [-0.05, 0) is 25.3 Å². The van der Waals surface area contributed by atoms with Crippen molar-refractivity contribution in [3.8, 4) is 0 Å². The maximum Gasteiger partial charge on any atom is 0.315 e. The number of likely N-dealkylation sites (tertiary alicyclic amines) is 1. The van der Waals surface area contributed by atoms with Crippen molar-refractivity contribution >= 4 is 11.9 Å². The molecule has 0 atom stereocenters. The number of urea groups is 1. The van der Waals surface area contributed by atoms with Gasteiger partial charge in [-0.15, -0.1) is 0 Å². The lowest BCUT2D eigenvalue weighted by Crippen LogP contribution is -2.46. The molecule has 3 amide bonds. The van der Waals surface area contributed by atoms with Crippen molar-refractivity contribution in [1.29, 1.82) is 0 Å². The standard InChI is InChI=1S/C16H23N3O3/c1-12-2-4-13(5-3-12)10-17-16(22)18-11-15(21)19-8-6-14(20)7-9-19/h2-5,14,20H,6-11H2,1H3,(H2,17,18,22). The maximum atomic E-state index is 11.9. The van der Waals surface area contributed by atoms with Crippen LogP contribution in [0.1, 0.15) is 24.0 Å². The number of benzene rings is 1. The minimum Gasteiger partial charge on any atom is -0.393 e. The van der Waals surface area contributed by atoms with Crippen molar-refractivity contribution in [3.63, 3.8) is 0 Å². The number of nitrogens with zero attached hydrogens (tertiary/aromatic N) is 1. The van der Waals surface area contributed by atoms with E-state index in [0.29, 0.717) is 32.5 Å². The van der Waals surface area contributed by atoms with Crippen molar-refractivity contribution < 1.29 is 14.7 Å². The normalized spacial score (nSPS) is 15.5. The molecule has 1 fully saturated rings. The zero-order chi connectivity index (χ0) is 15.9. The van der Waals surface area contributed by atoms with Crippen LogP contribution in [0.25, 0.3) is 0 Å². The largest absolute Gasteiger partial charge is 0.393 e. The smallest absolute Gasteiger partial charge is 0.315 e. The van der Waals surface area contributed by atoms with Crippen molar-refractivity contribution in [1.82, 2.24) is 15.5 Å². The first-order valence-corrected chi connectivity index (χ1v) is 7.57. The minimum atomic E-state index is -0.356. The molecular weight excluding hydrogens is 282 g/mol. The van der Waals surface area contributed by atoms with Crippen LogP contribution in [0.15, 0.2) is 24.3 Å². The number of amides is 3. The van der Waals surface area contributed by atoms with Crippen LogP contribution in [0.2, 0.25) is 0 Å². The first kappa shape index (κ1) is 16.3. The van der Waals surface area contributed by atoms with Gasteiger partial charge in [0, 0.05) is 19.6 Å². The monoisotopic (exact) mass is 305 g/mol. The first-order valence-electron chi connectivity index (χ1n) is 7.57. The van der Waals surface area contributed by atoms with Gasteiger partial charge >= 0.3 is 6.03 Å². The number of piperidine rings is 1. The molecule has 120 valence electrons. The zero-order valence-electron chi connectivity index (χ0n) is 12.8. The number of hydrogen-bond donors (Lipinski definition) is 3. The van der Waals surface area contributed by atoms with Crippen LogP contribution in [0.3, 0.4) is 0 Å². The predicted octanol–water partition coefficient (Wildman–Crippen LogP) is 0.778. The fraction of sp³-hybridized carbons (Fsp3) is 0.500. The third-order valence-corrected chi connectivity index (χ3v) is 3.79. The van der Waals surface area contributed by atoms with E-state index in [-0.39, 0.29) is 24.6 Å². The summed E-state index contributed by atoms with van der Waals surface area (Å²) in [6.45, 7) is 3.51. The summed E-state index contributed by atoms with van der Waals surface area (Å²) in [4.78, 5) is 25.3. The summed E-state index contributed by atoms with van der Waals surface area (Å²) in [5.74, 6) is -0.114. The number of hydrogen-bond acceptors (Lipinski definition) is 3. The highest BCUT2D eigenvalue weighted by Gasteiger charge is 2.21. The van der Waals surface area contributed by atoms with Gasteiger partial charge < -0.3 is 20.6 Å². The highest BCUT2D eigenvalue weighted by molar-refractivity contribution is 5.84. The summed E-state index contributed by atoms with van der Waals surface area (Å²) in [7, 11) is 0. The van der Waals surface area contributed by atoms with Gasteiger partial charge in [0.2, 0.25) is 5.91 Å². The molecule has 22 heavy (non-hydrogen) atoms. The molecule has 0 aromatic heterocycles. The minimum absolute atomic E-state index is 0.0180. The second-order valence-corrected chi connectivity index (χ2v) is 5.63. The van der Waals surface area contributed by atoms with Gasteiger partial charge in [0.05, 0.1) is 12.6 Å². The number of aryl methyl sites for hydroxylation is 1. The Morgan fingerprint density at radius 3 is 2.45 bits per heavy atom. The molecule has 1 aliphatic heterocycles. The zero-order valence-corrected chi connectivity index (χ0v) is 12.8. The van der Waals surface area contributed by atoms with Crippen LogP contribution in [0.4, 0.5) is 4.79 Å². The molecule has 1 aliphatic rings. The third kappa shape index (κ3) is 5.04. The quantitative estimate of drug-likeness (QED) is 0.769. The number of rotatable bonds is 4. The Balaban J connectivity index is 1.66. The molecule has 1 aromatic carbocycles. The topological polar surface area (TPSA) is 81.7 Å². The SMILES string of the molecule is Cc1ccc(CNC(=O)NCC(=O)N2CCC(O)CC2)cc1. The van der Waals surface area contributed by atoms with E-state index >= 15 is 0 Å². The maximum absolute atomic E-state index is 11.9. The summed E-state index contributed by atoms with van der Waals surface area (Å²) < 4.78 is 0. The van der Waals surface area contributed by atoms with E-state index in [4.69, 9.17) is 0 Å². The lowest BCUT2D eigenvalue weighted by atomic mass is 10.1. The molecule has 3 N–H and O–H groups in total. The molecule has 0 saturated carbocycles. The Morgan fingerprint density at radius 2 is 1.82 bits per heavy atom. The highest BCUT2D eigenvalue weighted by Crippen LogP contribution is 2.09. The van der Waals surface area contributed by atoms with Crippen molar-refractivity contribution in [3.05, 3.63) is 35.4 Å². The Morgan fingerprint density at radius 1 is 1.18 bits per heavy atom. The lowest BCUT2D eigenvalue weighted by Gasteiger charge is -2.29. The molecule has 0 bridgehead atoms. The number of nitrogens with one attached hydrogen (secondary N) is 2. The van der Waals surface area contributed by atoms with E-state index in [9.17, 15) is 14.7 Å². The molecule has 6 heteroatoms. The second-order valence-electron chi connectivity index (χ2n) is 5.63. The average molecular weight is 305 g/mol. The Labute approximate surface area is 130 Å².